The molecular formula is C12H23N. The molecule has 13 heavy (non-hydrogen) atoms. The second-order valence-corrected chi connectivity index (χ2v) is 4.44. The van der Waals surface area contributed by atoms with Gasteiger partial charge in [0.1, 0.15) is 0 Å². The van der Waals surface area contributed by atoms with Crippen molar-refractivity contribution in [2.24, 2.45) is 5.92 Å². The van der Waals surface area contributed by atoms with Gasteiger partial charge in [0.2, 0.25) is 0 Å². The van der Waals surface area contributed by atoms with Crippen molar-refractivity contribution in [2.75, 3.05) is 13.1 Å². The van der Waals surface area contributed by atoms with Gasteiger partial charge in [0.05, 0.1) is 0 Å². The second kappa shape index (κ2) is 6.20. The van der Waals surface area contributed by atoms with E-state index in [0.29, 0.717) is 0 Å². The first-order valence-corrected chi connectivity index (χ1v) is 5.63. The summed E-state index contributed by atoms with van der Waals surface area (Å²) in [6.45, 7) is 6.59. The molecule has 0 heterocycles. The Balaban J connectivity index is 2.01. The summed E-state index contributed by atoms with van der Waals surface area (Å²) in [4.78, 5) is 0. The molecule has 1 nitrogen and oxygen atoms in total. The summed E-state index contributed by atoms with van der Waals surface area (Å²) in [5, 5.41) is 3.51. The van der Waals surface area contributed by atoms with Gasteiger partial charge in [-0.05, 0) is 39.2 Å². The van der Waals surface area contributed by atoms with Gasteiger partial charge in [0.25, 0.3) is 0 Å². The van der Waals surface area contributed by atoms with Gasteiger partial charge >= 0.3 is 0 Å². The summed E-state index contributed by atoms with van der Waals surface area (Å²) in [5.74, 6) is 0.958. The Labute approximate surface area is 82.6 Å². The Kier molecular flexibility index (Phi) is 5.14. The van der Waals surface area contributed by atoms with Gasteiger partial charge in [-0.1, -0.05) is 30.9 Å². The van der Waals surface area contributed by atoms with Crippen molar-refractivity contribution in [1.82, 2.24) is 5.32 Å². The third-order valence-corrected chi connectivity index (χ3v) is 2.81. The highest BCUT2D eigenvalue weighted by Crippen LogP contribution is 2.22. The van der Waals surface area contributed by atoms with E-state index in [-0.39, 0.29) is 0 Å². The highest BCUT2D eigenvalue weighted by atomic mass is 14.8. The van der Waals surface area contributed by atoms with Crippen molar-refractivity contribution in [3.05, 3.63) is 11.6 Å². The van der Waals surface area contributed by atoms with Gasteiger partial charge < -0.3 is 5.32 Å². The van der Waals surface area contributed by atoms with Crippen molar-refractivity contribution < 1.29 is 0 Å². The molecule has 0 aromatic heterocycles. The fraction of sp³-hybridized carbons (Fsp3) is 0.833. The minimum Gasteiger partial charge on any atom is -0.313 e. The summed E-state index contributed by atoms with van der Waals surface area (Å²) in [6, 6.07) is 0. The lowest BCUT2D eigenvalue weighted by molar-refractivity contribution is 0.346. The molecule has 0 radical (unpaired) electrons. The second-order valence-electron chi connectivity index (χ2n) is 4.44. The standard InChI is InChI=1S/C12H23N/c1-11(2)8-9-13-10-12-6-4-3-5-7-12/h8,12-13H,3-7,9-10H2,1-2H3. The molecule has 1 fully saturated rings. The SMILES string of the molecule is CC(C)=CCNCC1CCCCC1. The van der Waals surface area contributed by atoms with E-state index in [9.17, 15) is 0 Å². The first-order chi connectivity index (χ1) is 6.29. The molecule has 0 aromatic rings. The van der Waals surface area contributed by atoms with Crippen LogP contribution in [0.4, 0.5) is 0 Å². The minimum atomic E-state index is 0.958. The van der Waals surface area contributed by atoms with Crippen LogP contribution in [0.15, 0.2) is 11.6 Å². The van der Waals surface area contributed by atoms with Gasteiger partial charge in [-0.3, -0.25) is 0 Å². The monoisotopic (exact) mass is 181 g/mol. The Morgan fingerprint density at radius 3 is 2.54 bits per heavy atom. The van der Waals surface area contributed by atoms with E-state index in [0.717, 1.165) is 12.5 Å². The molecule has 0 aromatic carbocycles. The molecule has 1 aliphatic carbocycles. The normalized spacial score (nSPS) is 18.6. The maximum atomic E-state index is 3.51. The average Bonchev–Trinajstić information content (AvgIpc) is 2.14. The molecule has 1 saturated carbocycles. The largest absolute Gasteiger partial charge is 0.313 e. The van der Waals surface area contributed by atoms with Crippen molar-refractivity contribution >= 4 is 0 Å². The highest BCUT2D eigenvalue weighted by molar-refractivity contribution is 4.94. The number of nitrogens with one attached hydrogen (secondary N) is 1. The first-order valence-electron chi connectivity index (χ1n) is 5.63. The zero-order valence-corrected chi connectivity index (χ0v) is 9.10. The molecule has 0 bridgehead atoms. The molecule has 0 saturated heterocycles. The van der Waals surface area contributed by atoms with Crippen LogP contribution in [0.5, 0.6) is 0 Å². The Bertz CT molecular complexity index is 151. The summed E-state index contributed by atoms with van der Waals surface area (Å²) < 4.78 is 0. The van der Waals surface area contributed by atoms with E-state index in [1.165, 1.54) is 44.2 Å². The van der Waals surface area contributed by atoms with Crippen molar-refractivity contribution in [3.8, 4) is 0 Å². The van der Waals surface area contributed by atoms with Crippen molar-refractivity contribution in [3.63, 3.8) is 0 Å². The molecule has 0 spiro atoms. The molecule has 0 amide bonds. The van der Waals surface area contributed by atoms with Gasteiger partial charge in [-0.25, -0.2) is 0 Å². The number of hydrogen-bond donors (Lipinski definition) is 1. The van der Waals surface area contributed by atoms with Crippen LogP contribution in [0.3, 0.4) is 0 Å². The average molecular weight is 181 g/mol. The number of rotatable bonds is 4. The molecule has 1 N–H and O–H groups in total. The zero-order valence-electron chi connectivity index (χ0n) is 9.10. The van der Waals surface area contributed by atoms with Gasteiger partial charge in [-0.2, -0.15) is 0 Å². The minimum absolute atomic E-state index is 0.958. The van der Waals surface area contributed by atoms with Crippen LogP contribution in [-0.2, 0) is 0 Å². The van der Waals surface area contributed by atoms with Crippen LogP contribution >= 0.6 is 0 Å². The van der Waals surface area contributed by atoms with E-state index < -0.39 is 0 Å². The Morgan fingerprint density at radius 1 is 1.23 bits per heavy atom. The van der Waals surface area contributed by atoms with Crippen LogP contribution in [0.1, 0.15) is 46.0 Å². The molecule has 76 valence electrons. The predicted molar refractivity (Wildman–Crippen MR) is 58.9 cm³/mol. The maximum Gasteiger partial charge on any atom is 0.0137 e. The zero-order chi connectivity index (χ0) is 9.52. The van der Waals surface area contributed by atoms with E-state index in [4.69, 9.17) is 0 Å². The quantitative estimate of drug-likeness (QED) is 0.519. The highest BCUT2D eigenvalue weighted by Gasteiger charge is 2.11. The summed E-state index contributed by atoms with van der Waals surface area (Å²) in [7, 11) is 0. The molecule has 0 atom stereocenters. The fourth-order valence-electron chi connectivity index (χ4n) is 1.96. The molecule has 1 aliphatic rings. The number of allylic oxidation sites excluding steroid dienone is 1. The lowest BCUT2D eigenvalue weighted by Crippen LogP contribution is -2.24. The van der Waals surface area contributed by atoms with Crippen LogP contribution in [0, 0.1) is 5.92 Å². The van der Waals surface area contributed by atoms with E-state index >= 15 is 0 Å². The van der Waals surface area contributed by atoms with Crippen LogP contribution in [0.2, 0.25) is 0 Å². The van der Waals surface area contributed by atoms with Crippen LogP contribution in [-0.4, -0.2) is 13.1 Å². The molecular weight excluding hydrogens is 158 g/mol. The summed E-state index contributed by atoms with van der Waals surface area (Å²) in [5.41, 5.74) is 1.41. The lowest BCUT2D eigenvalue weighted by atomic mass is 9.89. The van der Waals surface area contributed by atoms with E-state index in [1.54, 1.807) is 0 Å². The Morgan fingerprint density at radius 2 is 1.92 bits per heavy atom. The third kappa shape index (κ3) is 5.09. The fourth-order valence-corrected chi connectivity index (χ4v) is 1.96. The summed E-state index contributed by atoms with van der Waals surface area (Å²) in [6.07, 6.45) is 9.53. The van der Waals surface area contributed by atoms with Gasteiger partial charge in [-0.15, -0.1) is 0 Å². The molecule has 0 unspecified atom stereocenters. The molecule has 1 rings (SSSR count). The molecule has 0 aliphatic heterocycles. The van der Waals surface area contributed by atoms with Crippen LogP contribution in [0.25, 0.3) is 0 Å². The smallest absolute Gasteiger partial charge is 0.0137 e. The Hall–Kier alpha value is -0.300. The maximum absolute atomic E-state index is 3.51. The van der Waals surface area contributed by atoms with Gasteiger partial charge in [0.15, 0.2) is 0 Å². The predicted octanol–water partition coefficient (Wildman–Crippen LogP) is 3.12. The number of hydrogen-bond acceptors (Lipinski definition) is 1. The van der Waals surface area contributed by atoms with Crippen molar-refractivity contribution in [1.29, 1.82) is 0 Å². The topological polar surface area (TPSA) is 12.0 Å². The first kappa shape index (κ1) is 10.8. The van der Waals surface area contributed by atoms with Gasteiger partial charge in [0, 0.05) is 6.54 Å². The molecule has 1 heteroatoms. The third-order valence-electron chi connectivity index (χ3n) is 2.81. The van der Waals surface area contributed by atoms with E-state index in [2.05, 4.69) is 25.2 Å². The van der Waals surface area contributed by atoms with E-state index in [1.807, 2.05) is 0 Å². The van der Waals surface area contributed by atoms with Crippen molar-refractivity contribution in [2.45, 2.75) is 46.0 Å². The lowest BCUT2D eigenvalue weighted by Gasteiger charge is -2.21. The van der Waals surface area contributed by atoms with Crippen LogP contribution < -0.4 is 5.32 Å². The summed E-state index contributed by atoms with van der Waals surface area (Å²) >= 11 is 0.